The molecule has 2 unspecified atom stereocenters. The second-order valence-electron chi connectivity index (χ2n) is 6.25. The summed E-state index contributed by atoms with van der Waals surface area (Å²) in [5.41, 5.74) is 0.789. The quantitative estimate of drug-likeness (QED) is 0.933. The second kappa shape index (κ2) is 5.74. The first-order chi connectivity index (χ1) is 10.2. The lowest BCUT2D eigenvalue weighted by molar-refractivity contribution is -0.0132. The summed E-state index contributed by atoms with van der Waals surface area (Å²) in [4.78, 5) is 6.69. The molecule has 0 radical (unpaired) electrons. The van der Waals surface area contributed by atoms with Gasteiger partial charge in [-0.15, -0.1) is 0 Å². The van der Waals surface area contributed by atoms with Gasteiger partial charge in [-0.25, -0.2) is 0 Å². The first-order valence-corrected chi connectivity index (χ1v) is 7.92. The van der Waals surface area contributed by atoms with E-state index in [-0.39, 0.29) is 5.54 Å². The van der Waals surface area contributed by atoms with E-state index in [1.165, 1.54) is 12.8 Å². The summed E-state index contributed by atoms with van der Waals surface area (Å²) in [6.45, 7) is 6.54. The first-order valence-electron chi connectivity index (χ1n) is 7.92. The Morgan fingerprint density at radius 1 is 1.29 bits per heavy atom. The van der Waals surface area contributed by atoms with Gasteiger partial charge in [-0.2, -0.15) is 0 Å². The van der Waals surface area contributed by atoms with Crippen LogP contribution in [0.1, 0.15) is 44.8 Å². The molecule has 1 aromatic heterocycles. The molecule has 2 aromatic rings. The maximum absolute atomic E-state index is 11.1. The van der Waals surface area contributed by atoms with E-state index >= 15 is 0 Å². The maximum atomic E-state index is 11.1. The number of hydrogen-bond donors (Lipinski definition) is 1. The van der Waals surface area contributed by atoms with Crippen LogP contribution in [0, 0.1) is 0 Å². The number of nitrogens with zero attached hydrogens (tertiary/aromatic N) is 2. The molecule has 1 aliphatic heterocycles. The smallest absolute Gasteiger partial charge is 0.0977 e. The predicted octanol–water partition coefficient (Wildman–Crippen LogP) is 3.53. The van der Waals surface area contributed by atoms with Gasteiger partial charge in [-0.3, -0.25) is 9.88 Å². The summed E-state index contributed by atoms with van der Waals surface area (Å²) >= 11 is 0. The minimum absolute atomic E-state index is 0.208. The van der Waals surface area contributed by atoms with E-state index in [1.54, 1.807) is 6.20 Å². The summed E-state index contributed by atoms with van der Waals surface area (Å²) in [5.74, 6) is 0. The summed E-state index contributed by atoms with van der Waals surface area (Å²) < 4.78 is 0. The molecule has 2 atom stereocenters. The number of benzene rings is 1. The molecule has 21 heavy (non-hydrogen) atoms. The Morgan fingerprint density at radius 2 is 2.05 bits per heavy atom. The Labute approximate surface area is 126 Å². The van der Waals surface area contributed by atoms with Crippen LogP contribution in [0.2, 0.25) is 0 Å². The molecule has 0 aliphatic carbocycles. The largest absolute Gasteiger partial charge is 0.386 e. The molecule has 1 saturated heterocycles. The molecule has 2 heterocycles. The van der Waals surface area contributed by atoms with Crippen molar-refractivity contribution in [2.45, 2.75) is 44.8 Å². The molecule has 1 aromatic carbocycles. The molecule has 3 nitrogen and oxygen atoms in total. The van der Waals surface area contributed by atoms with E-state index in [0.29, 0.717) is 0 Å². The van der Waals surface area contributed by atoms with E-state index in [0.717, 1.165) is 35.8 Å². The topological polar surface area (TPSA) is 36.4 Å². The van der Waals surface area contributed by atoms with Crippen LogP contribution in [0.5, 0.6) is 0 Å². The Bertz CT molecular complexity index is 616. The molecule has 1 N–H and O–H groups in total. The van der Waals surface area contributed by atoms with Gasteiger partial charge in [-0.05, 0) is 56.3 Å². The van der Waals surface area contributed by atoms with Gasteiger partial charge in [0.1, 0.15) is 0 Å². The average Bonchev–Trinajstić information content (AvgIpc) is 3.08. The normalized spacial score (nSPS) is 20.5. The van der Waals surface area contributed by atoms with Gasteiger partial charge in [0.25, 0.3) is 0 Å². The van der Waals surface area contributed by atoms with Crippen LogP contribution < -0.4 is 0 Å². The van der Waals surface area contributed by atoms with E-state index < -0.39 is 6.10 Å². The second-order valence-corrected chi connectivity index (χ2v) is 6.25. The number of rotatable bonds is 4. The van der Waals surface area contributed by atoms with Gasteiger partial charge in [-0.1, -0.05) is 25.1 Å². The lowest BCUT2D eigenvalue weighted by Crippen LogP contribution is -2.49. The Morgan fingerprint density at radius 3 is 2.76 bits per heavy atom. The summed E-state index contributed by atoms with van der Waals surface area (Å²) in [6, 6.07) is 8.15. The summed E-state index contributed by atoms with van der Waals surface area (Å²) in [7, 11) is 0. The third kappa shape index (κ3) is 2.45. The molecule has 1 fully saturated rings. The third-order valence-electron chi connectivity index (χ3n) is 5.15. The van der Waals surface area contributed by atoms with Crippen LogP contribution in [-0.4, -0.2) is 33.6 Å². The number of aromatic nitrogens is 1. The fourth-order valence-electron chi connectivity index (χ4n) is 3.53. The van der Waals surface area contributed by atoms with Crippen molar-refractivity contribution < 1.29 is 5.11 Å². The highest BCUT2D eigenvalue weighted by Crippen LogP contribution is 2.38. The molecule has 0 amide bonds. The number of likely N-dealkylation sites (tertiary alicyclic amines) is 1. The average molecular weight is 284 g/mol. The van der Waals surface area contributed by atoms with Crippen molar-refractivity contribution in [3.05, 3.63) is 42.2 Å². The molecule has 0 saturated carbocycles. The zero-order valence-corrected chi connectivity index (χ0v) is 12.9. The van der Waals surface area contributed by atoms with Gasteiger partial charge >= 0.3 is 0 Å². The van der Waals surface area contributed by atoms with Gasteiger partial charge < -0.3 is 5.11 Å². The number of aliphatic hydroxyl groups excluding tert-OH is 1. The SMILES string of the molecule is CCC(C)(C(O)c1cccc2ccncc12)N1CCCC1. The van der Waals surface area contributed by atoms with Crippen LogP contribution in [-0.2, 0) is 0 Å². The molecule has 0 spiro atoms. The van der Waals surface area contributed by atoms with Gasteiger partial charge in [0.05, 0.1) is 6.10 Å². The van der Waals surface area contributed by atoms with Crippen molar-refractivity contribution in [3.63, 3.8) is 0 Å². The molecule has 3 heteroatoms. The molecule has 1 aliphatic rings. The zero-order chi connectivity index (χ0) is 14.9. The van der Waals surface area contributed by atoms with Crippen molar-refractivity contribution in [2.75, 3.05) is 13.1 Å². The molecule has 3 rings (SSSR count). The zero-order valence-electron chi connectivity index (χ0n) is 12.9. The third-order valence-corrected chi connectivity index (χ3v) is 5.15. The number of pyridine rings is 1. The highest BCUT2D eigenvalue weighted by molar-refractivity contribution is 5.85. The van der Waals surface area contributed by atoms with Gasteiger partial charge in [0.2, 0.25) is 0 Å². The molecule has 112 valence electrons. The Kier molecular flexibility index (Phi) is 3.96. The fourth-order valence-corrected chi connectivity index (χ4v) is 3.53. The van der Waals surface area contributed by atoms with Crippen molar-refractivity contribution in [1.29, 1.82) is 0 Å². The van der Waals surface area contributed by atoms with Crippen LogP contribution in [0.3, 0.4) is 0 Å². The van der Waals surface area contributed by atoms with Gasteiger partial charge in [0.15, 0.2) is 0 Å². The van der Waals surface area contributed by atoms with Crippen molar-refractivity contribution in [2.24, 2.45) is 0 Å². The molecular weight excluding hydrogens is 260 g/mol. The summed E-state index contributed by atoms with van der Waals surface area (Å²) in [5, 5.41) is 13.3. The van der Waals surface area contributed by atoms with Crippen LogP contribution in [0.15, 0.2) is 36.7 Å². The van der Waals surface area contributed by atoms with Crippen LogP contribution in [0.4, 0.5) is 0 Å². The van der Waals surface area contributed by atoms with E-state index in [1.807, 2.05) is 24.4 Å². The fraction of sp³-hybridized carbons (Fsp3) is 0.500. The molecule has 0 bridgehead atoms. The van der Waals surface area contributed by atoms with Crippen molar-refractivity contribution >= 4 is 10.8 Å². The molecular formula is C18H24N2O. The van der Waals surface area contributed by atoms with E-state index in [9.17, 15) is 5.11 Å². The first kappa shape index (κ1) is 14.5. The highest BCUT2D eigenvalue weighted by atomic mass is 16.3. The maximum Gasteiger partial charge on any atom is 0.0977 e. The number of fused-ring (bicyclic) bond motifs is 1. The minimum Gasteiger partial charge on any atom is -0.386 e. The lowest BCUT2D eigenvalue weighted by Gasteiger charge is -2.42. The minimum atomic E-state index is -0.492. The van der Waals surface area contributed by atoms with Crippen LogP contribution in [0.25, 0.3) is 10.8 Å². The van der Waals surface area contributed by atoms with Crippen molar-refractivity contribution in [3.8, 4) is 0 Å². The number of hydrogen-bond acceptors (Lipinski definition) is 3. The van der Waals surface area contributed by atoms with E-state index in [2.05, 4.69) is 29.8 Å². The lowest BCUT2D eigenvalue weighted by atomic mass is 9.84. The van der Waals surface area contributed by atoms with Gasteiger partial charge in [0, 0.05) is 23.3 Å². The standard InChI is InChI=1S/C18H24N2O/c1-3-18(2,20-11-4-5-12-20)17(21)15-8-6-7-14-9-10-19-13-16(14)15/h6-10,13,17,21H,3-5,11-12H2,1-2H3. The Hall–Kier alpha value is -1.45. The summed E-state index contributed by atoms with van der Waals surface area (Å²) in [6.07, 6.45) is 6.59. The number of aliphatic hydroxyl groups is 1. The monoisotopic (exact) mass is 284 g/mol. The van der Waals surface area contributed by atoms with Crippen molar-refractivity contribution in [1.82, 2.24) is 9.88 Å². The van der Waals surface area contributed by atoms with E-state index in [4.69, 9.17) is 0 Å². The Balaban J connectivity index is 2.04. The highest BCUT2D eigenvalue weighted by Gasteiger charge is 2.39. The van der Waals surface area contributed by atoms with Crippen LogP contribution >= 0.6 is 0 Å². The predicted molar refractivity (Wildman–Crippen MR) is 86.2 cm³/mol.